The maximum absolute atomic E-state index is 5.84. The molecule has 0 heterocycles. The first-order valence-corrected chi connectivity index (χ1v) is 9.88. The molecule has 2 aliphatic rings. The predicted octanol–water partition coefficient (Wildman–Crippen LogP) is 5.75. The summed E-state index contributed by atoms with van der Waals surface area (Å²) in [7, 11) is 3.61. The number of hydrogen-bond donors (Lipinski definition) is 0. The quantitative estimate of drug-likeness (QED) is 0.588. The van der Waals surface area contributed by atoms with Crippen molar-refractivity contribution < 1.29 is 9.47 Å². The summed E-state index contributed by atoms with van der Waals surface area (Å²) in [5.74, 6) is 1.28. The largest absolute Gasteiger partial charge is 0.496 e. The van der Waals surface area contributed by atoms with Crippen LogP contribution in [0.5, 0.6) is 5.75 Å². The predicted molar refractivity (Wildman–Crippen MR) is 105 cm³/mol. The Morgan fingerprint density at radius 2 is 1.92 bits per heavy atom. The van der Waals surface area contributed by atoms with Gasteiger partial charge in [0.05, 0.1) is 13.2 Å². The topological polar surface area (TPSA) is 18.5 Å². The van der Waals surface area contributed by atoms with Crippen molar-refractivity contribution in [2.24, 2.45) is 0 Å². The van der Waals surface area contributed by atoms with E-state index in [1.807, 2.05) is 7.11 Å². The van der Waals surface area contributed by atoms with Gasteiger partial charge in [0.2, 0.25) is 0 Å². The summed E-state index contributed by atoms with van der Waals surface area (Å²) >= 11 is 0. The first-order chi connectivity index (χ1) is 12.3. The molecule has 0 fully saturated rings. The summed E-state index contributed by atoms with van der Waals surface area (Å²) in [5, 5.41) is 0. The molecule has 0 saturated heterocycles. The van der Waals surface area contributed by atoms with E-state index < -0.39 is 0 Å². The molecular weight excluding hydrogens is 308 g/mol. The molecule has 136 valence electrons. The zero-order chi connectivity index (χ0) is 17.6. The van der Waals surface area contributed by atoms with Gasteiger partial charge in [-0.2, -0.15) is 0 Å². The minimum absolute atomic E-state index is 0.0947. The Morgan fingerprint density at radius 3 is 2.68 bits per heavy atom. The molecule has 0 aliphatic heterocycles. The number of aryl methyl sites for hydroxylation is 1. The normalized spacial score (nSPS) is 22.4. The Bertz CT molecular complexity index is 642. The average molecular weight is 341 g/mol. The number of unbranched alkanes of at least 4 members (excludes halogenated alkanes) is 2. The molecular formula is C23H32O2. The lowest BCUT2D eigenvalue weighted by Crippen LogP contribution is -2.23. The first-order valence-electron chi connectivity index (χ1n) is 9.88. The molecule has 0 bridgehead atoms. The molecule has 2 atom stereocenters. The number of benzene rings is 1. The zero-order valence-corrected chi connectivity index (χ0v) is 16.0. The highest BCUT2D eigenvalue weighted by atomic mass is 16.5. The number of fused-ring (bicyclic) bond motifs is 1. The van der Waals surface area contributed by atoms with Gasteiger partial charge >= 0.3 is 0 Å². The van der Waals surface area contributed by atoms with Crippen LogP contribution in [0, 0.1) is 0 Å². The van der Waals surface area contributed by atoms with Crippen molar-refractivity contribution in [3.05, 3.63) is 52.6 Å². The summed E-state index contributed by atoms with van der Waals surface area (Å²) in [6.45, 7) is 2.26. The van der Waals surface area contributed by atoms with E-state index in [1.165, 1.54) is 60.8 Å². The van der Waals surface area contributed by atoms with Crippen LogP contribution in [-0.2, 0) is 17.6 Å². The molecule has 0 amide bonds. The fourth-order valence-corrected chi connectivity index (χ4v) is 4.32. The van der Waals surface area contributed by atoms with Crippen molar-refractivity contribution in [2.75, 3.05) is 14.2 Å². The molecule has 1 aromatic carbocycles. The number of methoxy groups -OCH3 is 2. The first kappa shape index (κ1) is 18.3. The Labute approximate surface area is 152 Å². The number of rotatable bonds is 7. The summed E-state index contributed by atoms with van der Waals surface area (Å²) in [4.78, 5) is 0. The molecule has 25 heavy (non-hydrogen) atoms. The Hall–Kier alpha value is -1.54. The van der Waals surface area contributed by atoms with Gasteiger partial charge < -0.3 is 9.47 Å². The molecule has 0 N–H and O–H groups in total. The molecule has 2 aliphatic carbocycles. The molecule has 1 aromatic rings. The van der Waals surface area contributed by atoms with Gasteiger partial charge in [-0.1, -0.05) is 49.6 Å². The van der Waals surface area contributed by atoms with Crippen LogP contribution in [0.1, 0.15) is 68.1 Å². The van der Waals surface area contributed by atoms with Crippen LogP contribution in [0.25, 0.3) is 0 Å². The van der Waals surface area contributed by atoms with Crippen LogP contribution in [0.4, 0.5) is 0 Å². The van der Waals surface area contributed by atoms with Gasteiger partial charge in [-0.3, -0.25) is 0 Å². The third-order valence-electron chi connectivity index (χ3n) is 5.68. The fourth-order valence-electron chi connectivity index (χ4n) is 4.32. The summed E-state index contributed by atoms with van der Waals surface area (Å²) in [6.07, 6.45) is 17.0. The average Bonchev–Trinajstić information content (AvgIpc) is 2.67. The lowest BCUT2D eigenvalue weighted by Gasteiger charge is -2.31. The lowest BCUT2D eigenvalue weighted by molar-refractivity contribution is 0.126. The third-order valence-corrected chi connectivity index (χ3v) is 5.68. The smallest absolute Gasteiger partial charge is 0.123 e. The van der Waals surface area contributed by atoms with Crippen molar-refractivity contribution >= 4 is 0 Å². The highest BCUT2D eigenvalue weighted by Gasteiger charge is 2.29. The highest BCUT2D eigenvalue weighted by molar-refractivity contribution is 5.52. The van der Waals surface area contributed by atoms with E-state index in [0.717, 1.165) is 18.6 Å². The van der Waals surface area contributed by atoms with E-state index in [-0.39, 0.29) is 12.0 Å². The van der Waals surface area contributed by atoms with Gasteiger partial charge in [0.1, 0.15) is 5.75 Å². The number of hydrogen-bond acceptors (Lipinski definition) is 2. The van der Waals surface area contributed by atoms with Crippen LogP contribution in [0.15, 0.2) is 35.9 Å². The number of ether oxygens (including phenoxy) is 2. The standard InChI is InChI=1S/C23H32O2/c1-4-5-6-9-17-12-14-21(24-2)20(16-17)23-19-11-8-7-10-18(19)13-15-22(23)25-3/h12-16,20-21H,4-11H2,1-3H3. The fraction of sp³-hybridized carbons (Fsp3) is 0.565. The second-order valence-corrected chi connectivity index (χ2v) is 7.31. The van der Waals surface area contributed by atoms with Crippen LogP contribution in [0.3, 0.4) is 0 Å². The van der Waals surface area contributed by atoms with Gasteiger partial charge in [0.25, 0.3) is 0 Å². The van der Waals surface area contributed by atoms with E-state index in [0.29, 0.717) is 0 Å². The Morgan fingerprint density at radius 1 is 1.08 bits per heavy atom. The molecule has 2 nitrogen and oxygen atoms in total. The van der Waals surface area contributed by atoms with Crippen LogP contribution in [0.2, 0.25) is 0 Å². The molecule has 3 rings (SSSR count). The summed E-state index contributed by atoms with van der Waals surface area (Å²) < 4.78 is 11.6. The van der Waals surface area contributed by atoms with Crippen LogP contribution in [-0.4, -0.2) is 20.3 Å². The molecule has 0 spiro atoms. The van der Waals surface area contributed by atoms with Crippen molar-refractivity contribution in [1.29, 1.82) is 0 Å². The van der Waals surface area contributed by atoms with Gasteiger partial charge in [0.15, 0.2) is 0 Å². The maximum atomic E-state index is 5.84. The molecule has 2 unspecified atom stereocenters. The minimum Gasteiger partial charge on any atom is -0.496 e. The number of allylic oxidation sites excluding steroid dienone is 2. The van der Waals surface area contributed by atoms with Crippen molar-refractivity contribution in [2.45, 2.75) is 70.3 Å². The van der Waals surface area contributed by atoms with Gasteiger partial charge in [-0.05, 0) is 55.7 Å². The highest BCUT2D eigenvalue weighted by Crippen LogP contribution is 2.41. The van der Waals surface area contributed by atoms with Crippen molar-refractivity contribution in [1.82, 2.24) is 0 Å². The monoisotopic (exact) mass is 340 g/mol. The van der Waals surface area contributed by atoms with E-state index in [4.69, 9.17) is 9.47 Å². The lowest BCUT2D eigenvalue weighted by atomic mass is 9.78. The van der Waals surface area contributed by atoms with Crippen molar-refractivity contribution in [3.8, 4) is 5.75 Å². The second-order valence-electron chi connectivity index (χ2n) is 7.31. The summed E-state index contributed by atoms with van der Waals surface area (Å²) in [5.41, 5.74) is 5.83. The molecule has 2 heteroatoms. The van der Waals surface area contributed by atoms with E-state index in [2.05, 4.69) is 37.3 Å². The van der Waals surface area contributed by atoms with E-state index >= 15 is 0 Å². The van der Waals surface area contributed by atoms with E-state index in [9.17, 15) is 0 Å². The molecule has 0 radical (unpaired) electrons. The molecule has 0 aromatic heterocycles. The second kappa shape index (κ2) is 8.71. The molecule has 0 saturated carbocycles. The SMILES string of the molecule is CCCCCC1=CC(c2c(OC)ccc3c2CCCC3)C(OC)C=C1. The van der Waals surface area contributed by atoms with Crippen LogP contribution >= 0.6 is 0 Å². The van der Waals surface area contributed by atoms with Crippen LogP contribution < -0.4 is 4.74 Å². The summed E-state index contributed by atoms with van der Waals surface area (Å²) in [6, 6.07) is 4.43. The zero-order valence-electron chi connectivity index (χ0n) is 16.0. The van der Waals surface area contributed by atoms with Crippen molar-refractivity contribution in [3.63, 3.8) is 0 Å². The van der Waals surface area contributed by atoms with Gasteiger partial charge in [-0.25, -0.2) is 0 Å². The van der Waals surface area contributed by atoms with Gasteiger partial charge in [-0.15, -0.1) is 0 Å². The maximum Gasteiger partial charge on any atom is 0.123 e. The minimum atomic E-state index is 0.0947. The van der Waals surface area contributed by atoms with E-state index in [1.54, 1.807) is 7.11 Å². The van der Waals surface area contributed by atoms with Gasteiger partial charge in [0, 0.05) is 18.6 Å². The Kier molecular flexibility index (Phi) is 6.36. The third kappa shape index (κ3) is 4.00. The Balaban J connectivity index is 1.98.